The highest BCUT2D eigenvalue weighted by Gasteiger charge is 2.23. The van der Waals surface area contributed by atoms with Gasteiger partial charge in [0.25, 0.3) is 6.33 Å². The van der Waals surface area contributed by atoms with Gasteiger partial charge < -0.3 is 4.74 Å². The highest BCUT2D eigenvalue weighted by atomic mass is 16.5. The fourth-order valence-electron chi connectivity index (χ4n) is 6.86. The van der Waals surface area contributed by atoms with Crippen LogP contribution in [0.2, 0.25) is 0 Å². The summed E-state index contributed by atoms with van der Waals surface area (Å²) in [5.41, 5.74) is 8.56. The van der Waals surface area contributed by atoms with Crippen molar-refractivity contribution in [1.82, 2.24) is 19.1 Å². The number of imidazole rings is 1. The predicted octanol–water partition coefficient (Wildman–Crippen LogP) is 11.1. The summed E-state index contributed by atoms with van der Waals surface area (Å²) in [4.78, 5) is 9.55. The molecule has 6 nitrogen and oxygen atoms in total. The zero-order valence-electron chi connectivity index (χ0n) is 32.2. The molecule has 0 aliphatic rings. The Balaban J connectivity index is 1.21. The van der Waals surface area contributed by atoms with Crippen molar-refractivity contribution < 1.29 is 10.7 Å². The highest BCUT2D eigenvalue weighted by Crippen LogP contribution is 2.36. The van der Waals surface area contributed by atoms with E-state index in [4.69, 9.17) is 16.1 Å². The molecule has 4 heterocycles. The zero-order valence-corrected chi connectivity index (χ0v) is 31.2. The molecule has 0 fully saturated rings. The summed E-state index contributed by atoms with van der Waals surface area (Å²) >= 11 is 0. The Morgan fingerprint density at radius 1 is 0.654 bits per heavy atom. The molecule has 0 spiro atoms. The molecule has 260 valence electrons. The van der Waals surface area contributed by atoms with E-state index in [0.29, 0.717) is 17.3 Å². The number of fused-ring (bicyclic) bond motifs is 4. The van der Waals surface area contributed by atoms with E-state index in [1.807, 2.05) is 60.9 Å². The lowest BCUT2D eigenvalue weighted by Crippen LogP contribution is -2.31. The minimum atomic E-state index is -0.753. The largest absolute Gasteiger partial charge is 0.458 e. The third kappa shape index (κ3) is 6.02. The second kappa shape index (κ2) is 12.5. The van der Waals surface area contributed by atoms with Crippen LogP contribution < -0.4 is 9.30 Å². The highest BCUT2D eigenvalue weighted by molar-refractivity contribution is 6.09. The van der Waals surface area contributed by atoms with Crippen LogP contribution in [0.1, 0.15) is 79.3 Å². The van der Waals surface area contributed by atoms with Crippen LogP contribution in [0.4, 0.5) is 0 Å². The summed E-state index contributed by atoms with van der Waals surface area (Å²) in [6, 6.07) is 37.6. The molecule has 8 rings (SSSR count). The van der Waals surface area contributed by atoms with Crippen LogP contribution in [-0.2, 0) is 10.8 Å². The predicted molar refractivity (Wildman–Crippen MR) is 212 cm³/mol. The maximum Gasteiger partial charge on any atom is 0.271 e. The summed E-state index contributed by atoms with van der Waals surface area (Å²) in [5, 5.41) is 2.23. The molecular weight excluding hydrogens is 639 g/mol. The summed E-state index contributed by atoms with van der Waals surface area (Å²) in [5.74, 6) is 2.08. The van der Waals surface area contributed by atoms with Gasteiger partial charge in [0.15, 0.2) is 5.82 Å². The molecule has 0 aliphatic carbocycles. The SMILES string of the molecule is [2H]C(C)(C)c1ccnc(-n2c3ccccc3c3ccc(Oc4ccnc(-n5[c-][n+](-c6cc(C(C)(C)C)cc(C(C)(C)C)c6)c6ccccc65)c4)cc32)c1. The Kier molecular flexibility index (Phi) is 7.72. The van der Waals surface area contributed by atoms with Gasteiger partial charge in [-0.25, -0.2) is 4.98 Å². The Morgan fingerprint density at radius 2 is 1.29 bits per heavy atom. The van der Waals surface area contributed by atoms with Crippen LogP contribution in [0.15, 0.2) is 122 Å². The second-order valence-corrected chi connectivity index (χ2v) is 15.9. The topological polar surface area (TPSA) is 48.8 Å². The van der Waals surface area contributed by atoms with Crippen molar-refractivity contribution in [3.63, 3.8) is 0 Å². The molecule has 6 heteroatoms. The summed E-state index contributed by atoms with van der Waals surface area (Å²) in [7, 11) is 0. The molecular formula is C46H45N5O. The van der Waals surface area contributed by atoms with Gasteiger partial charge >= 0.3 is 0 Å². The number of ether oxygens (including phenoxy) is 1. The number of pyridine rings is 2. The average molecular weight is 685 g/mol. The number of para-hydroxylation sites is 3. The molecule has 8 aromatic rings. The normalized spacial score (nSPS) is 12.9. The molecule has 0 unspecified atom stereocenters. The van der Waals surface area contributed by atoms with Crippen LogP contribution in [-0.4, -0.2) is 19.1 Å². The van der Waals surface area contributed by atoms with E-state index in [0.717, 1.165) is 49.9 Å². The van der Waals surface area contributed by atoms with Crippen LogP contribution in [0.5, 0.6) is 11.5 Å². The minimum absolute atomic E-state index is 0.0149. The Hall–Kier alpha value is -5.75. The lowest BCUT2D eigenvalue weighted by molar-refractivity contribution is -0.572. The van der Waals surface area contributed by atoms with E-state index in [9.17, 15) is 0 Å². The first-order valence-electron chi connectivity index (χ1n) is 18.4. The van der Waals surface area contributed by atoms with Crippen molar-refractivity contribution in [3.05, 3.63) is 145 Å². The average Bonchev–Trinajstić information content (AvgIpc) is 3.67. The maximum absolute atomic E-state index is 8.64. The van der Waals surface area contributed by atoms with Crippen molar-refractivity contribution in [1.29, 1.82) is 0 Å². The van der Waals surface area contributed by atoms with Crippen LogP contribution in [0.25, 0.3) is 50.2 Å². The van der Waals surface area contributed by atoms with Gasteiger partial charge in [-0.15, -0.1) is 0 Å². The first kappa shape index (κ1) is 32.2. The Labute approximate surface area is 307 Å². The van der Waals surface area contributed by atoms with Crippen molar-refractivity contribution in [3.8, 4) is 28.8 Å². The van der Waals surface area contributed by atoms with Gasteiger partial charge in [-0.2, -0.15) is 0 Å². The molecule has 0 aliphatic heterocycles. The second-order valence-electron chi connectivity index (χ2n) is 15.9. The third-order valence-corrected chi connectivity index (χ3v) is 9.85. The molecule has 0 amide bonds. The Morgan fingerprint density at radius 3 is 2.02 bits per heavy atom. The van der Waals surface area contributed by atoms with E-state index < -0.39 is 5.89 Å². The number of rotatable bonds is 6. The van der Waals surface area contributed by atoms with Crippen molar-refractivity contribution in [2.45, 2.75) is 72.1 Å². The molecule has 52 heavy (non-hydrogen) atoms. The van der Waals surface area contributed by atoms with Crippen LogP contribution >= 0.6 is 0 Å². The monoisotopic (exact) mass is 684 g/mol. The van der Waals surface area contributed by atoms with Crippen molar-refractivity contribution >= 4 is 32.8 Å². The van der Waals surface area contributed by atoms with Gasteiger partial charge in [0.05, 0.1) is 27.8 Å². The quantitative estimate of drug-likeness (QED) is 0.129. The van der Waals surface area contributed by atoms with E-state index in [-0.39, 0.29) is 10.8 Å². The van der Waals surface area contributed by atoms with Gasteiger partial charge in [-0.05, 0) is 81.9 Å². The first-order valence-corrected chi connectivity index (χ1v) is 17.9. The number of aromatic nitrogens is 5. The van der Waals surface area contributed by atoms with Crippen molar-refractivity contribution in [2.24, 2.45) is 0 Å². The maximum atomic E-state index is 8.64. The number of hydrogen-bond donors (Lipinski definition) is 0. The minimum Gasteiger partial charge on any atom is -0.458 e. The molecule has 0 saturated carbocycles. The summed E-state index contributed by atoms with van der Waals surface area (Å²) < 4.78 is 21.5. The molecule has 0 radical (unpaired) electrons. The van der Waals surface area contributed by atoms with Crippen molar-refractivity contribution in [2.75, 3.05) is 0 Å². The van der Waals surface area contributed by atoms with E-state index in [2.05, 4.69) is 124 Å². The first-order chi connectivity index (χ1) is 25.1. The smallest absolute Gasteiger partial charge is 0.271 e. The number of nitrogens with zero attached hydrogens (tertiary/aromatic N) is 5. The van der Waals surface area contributed by atoms with E-state index >= 15 is 0 Å². The molecule has 0 N–H and O–H groups in total. The molecule has 0 bridgehead atoms. The van der Waals surface area contributed by atoms with Gasteiger partial charge in [-0.3, -0.25) is 18.7 Å². The summed E-state index contributed by atoms with van der Waals surface area (Å²) in [6.07, 6.45) is 7.21. The number of hydrogen-bond acceptors (Lipinski definition) is 3. The lowest BCUT2D eigenvalue weighted by Gasteiger charge is -2.26. The zero-order chi connectivity index (χ0) is 37.3. The molecule has 4 aromatic carbocycles. The fraction of sp³-hybridized carbons (Fsp3) is 0.239. The van der Waals surface area contributed by atoms with E-state index in [1.165, 1.54) is 11.1 Å². The molecule has 4 aromatic heterocycles. The molecule has 0 atom stereocenters. The van der Waals surface area contributed by atoms with Gasteiger partial charge in [-0.1, -0.05) is 104 Å². The molecule has 0 saturated heterocycles. The van der Waals surface area contributed by atoms with Crippen LogP contribution in [0.3, 0.4) is 0 Å². The number of benzene rings is 4. The Bertz CT molecular complexity index is 2630. The lowest BCUT2D eigenvalue weighted by atomic mass is 9.80. The summed E-state index contributed by atoms with van der Waals surface area (Å²) in [6.45, 7) is 17.4. The van der Waals surface area contributed by atoms with Gasteiger partial charge in [0.2, 0.25) is 0 Å². The third-order valence-electron chi connectivity index (χ3n) is 9.85. The standard InChI is InChI=1S/C46H45N5O/c1-30(2)31-19-21-48-44(23-31)51-39-14-10-9-13-37(39)38-18-17-35(27-42(38)51)52-36-20-22-47-43(28-36)50-29-49(40-15-11-12-16-41(40)50)34-25-32(45(3,4)5)24-33(26-34)46(6,7)8/h9-28,30H,1-8H3/i30D. The van der Waals surface area contributed by atoms with Gasteiger partial charge in [0.1, 0.15) is 17.3 Å². The van der Waals surface area contributed by atoms with E-state index in [1.54, 1.807) is 12.4 Å². The van der Waals surface area contributed by atoms with Gasteiger partial charge in [0, 0.05) is 36.7 Å². The van der Waals surface area contributed by atoms with Crippen LogP contribution in [0, 0.1) is 6.33 Å². The fourth-order valence-corrected chi connectivity index (χ4v) is 6.86.